The van der Waals surface area contributed by atoms with Crippen molar-refractivity contribution in [2.45, 2.75) is 0 Å². The predicted molar refractivity (Wildman–Crippen MR) is 50.4 cm³/mol. The third-order valence-electron chi connectivity index (χ3n) is 1.70. The van der Waals surface area contributed by atoms with Crippen molar-refractivity contribution in [3.8, 4) is 0 Å². The van der Waals surface area contributed by atoms with Crippen LogP contribution in [-0.4, -0.2) is 32.2 Å². The van der Waals surface area contributed by atoms with Crippen LogP contribution in [0.2, 0.25) is 0 Å². The topological polar surface area (TPSA) is 122 Å². The summed E-state index contributed by atoms with van der Waals surface area (Å²) in [5.74, 6) is -0.367. The minimum absolute atomic E-state index is 0.222. The van der Waals surface area contributed by atoms with Gasteiger partial charge in [-0.15, -0.1) is 4.73 Å². The molecule has 0 spiro atoms. The Morgan fingerprint density at radius 2 is 2.27 bits per heavy atom. The predicted octanol–water partition coefficient (Wildman–Crippen LogP) is -1.68. The zero-order chi connectivity index (χ0) is 10.8. The van der Waals surface area contributed by atoms with Crippen molar-refractivity contribution in [2.24, 2.45) is 5.73 Å². The van der Waals surface area contributed by atoms with Crippen LogP contribution in [0.4, 0.5) is 5.82 Å². The summed E-state index contributed by atoms with van der Waals surface area (Å²) in [6, 6.07) is 0. The third-order valence-corrected chi connectivity index (χ3v) is 1.70. The molecular formula is C7H8N6O2. The number of hydrogen-bond acceptors (Lipinski definition) is 7. The zero-order valence-corrected chi connectivity index (χ0v) is 7.62. The molecule has 0 radical (unpaired) electrons. The molecule has 0 unspecified atom stereocenters. The summed E-state index contributed by atoms with van der Waals surface area (Å²) in [5, 5.41) is 0. The maximum absolute atomic E-state index is 10.9. The van der Waals surface area contributed by atoms with Gasteiger partial charge in [0.2, 0.25) is 5.65 Å². The van der Waals surface area contributed by atoms with Crippen LogP contribution < -0.4 is 16.3 Å². The molecule has 0 aliphatic carbocycles. The highest BCUT2D eigenvalue weighted by Gasteiger charge is 2.10. The molecule has 2 rings (SSSR count). The first-order valence-electron chi connectivity index (χ1n) is 4.07. The Hall–Kier alpha value is -2.22. The molecule has 0 aliphatic rings. The fourth-order valence-electron chi connectivity index (χ4n) is 1.05. The number of nitrogens with two attached hydrogens (primary N) is 2. The summed E-state index contributed by atoms with van der Waals surface area (Å²) in [5.41, 5.74) is 11.3. The molecule has 0 bridgehead atoms. The molecule has 0 saturated carbocycles. The fraction of sp³-hybridized carbons (Fsp3) is 0.143. The van der Waals surface area contributed by atoms with Gasteiger partial charge in [-0.2, -0.15) is 0 Å². The van der Waals surface area contributed by atoms with E-state index in [1.54, 1.807) is 0 Å². The number of carbonyl (C=O) groups is 1. The van der Waals surface area contributed by atoms with Crippen LogP contribution in [0.3, 0.4) is 0 Å². The number of hydrogen-bond donors (Lipinski definition) is 2. The summed E-state index contributed by atoms with van der Waals surface area (Å²) >= 11 is 0. The Balaban J connectivity index is 2.45. The Morgan fingerprint density at radius 3 is 3.00 bits per heavy atom. The Kier molecular flexibility index (Phi) is 2.18. The van der Waals surface area contributed by atoms with E-state index in [1.165, 1.54) is 12.7 Å². The Bertz CT molecular complexity index is 507. The van der Waals surface area contributed by atoms with Gasteiger partial charge in [-0.05, 0) is 0 Å². The lowest BCUT2D eigenvalue weighted by Gasteiger charge is -2.01. The van der Waals surface area contributed by atoms with Crippen molar-refractivity contribution >= 4 is 23.0 Å². The third kappa shape index (κ3) is 1.57. The van der Waals surface area contributed by atoms with E-state index >= 15 is 0 Å². The van der Waals surface area contributed by atoms with Crippen LogP contribution in [0, 0.1) is 0 Å². The van der Waals surface area contributed by atoms with Crippen LogP contribution in [0.15, 0.2) is 12.7 Å². The van der Waals surface area contributed by atoms with Gasteiger partial charge >= 0.3 is 5.97 Å². The van der Waals surface area contributed by atoms with E-state index in [9.17, 15) is 4.79 Å². The largest absolute Gasteiger partial charge is 0.382 e. The van der Waals surface area contributed by atoms with Crippen molar-refractivity contribution < 1.29 is 9.63 Å². The number of carbonyl (C=O) groups excluding carboxylic acids is 1. The second-order valence-corrected chi connectivity index (χ2v) is 2.67. The van der Waals surface area contributed by atoms with Gasteiger partial charge in [-0.1, -0.05) is 0 Å². The first kappa shape index (κ1) is 9.34. The van der Waals surface area contributed by atoms with Crippen LogP contribution in [0.25, 0.3) is 11.2 Å². The van der Waals surface area contributed by atoms with E-state index in [1.807, 2.05) is 0 Å². The van der Waals surface area contributed by atoms with Crippen molar-refractivity contribution in [1.82, 2.24) is 19.7 Å². The molecule has 2 aromatic heterocycles. The lowest BCUT2D eigenvalue weighted by molar-refractivity contribution is -0.142. The van der Waals surface area contributed by atoms with E-state index in [0.717, 1.165) is 4.73 Å². The first-order chi connectivity index (χ1) is 7.22. The molecule has 0 aromatic carbocycles. The smallest absolute Gasteiger partial charge is 0.346 e. The monoisotopic (exact) mass is 208 g/mol. The van der Waals surface area contributed by atoms with E-state index in [2.05, 4.69) is 15.0 Å². The molecule has 0 aliphatic heterocycles. The number of anilines is 1. The van der Waals surface area contributed by atoms with Gasteiger partial charge in [0.1, 0.15) is 12.7 Å². The summed E-state index contributed by atoms with van der Waals surface area (Å²) in [6.45, 7) is -0.222. The standard InChI is InChI=1S/C7H8N6O2/c8-1-4(14)15-13-3-12-5-6(9)10-2-11-7(5)13/h2-3H,1,8H2,(H2,9,10,11). The zero-order valence-electron chi connectivity index (χ0n) is 7.62. The second-order valence-electron chi connectivity index (χ2n) is 2.67. The Labute approximate surface area is 83.8 Å². The van der Waals surface area contributed by atoms with Crippen LogP contribution in [-0.2, 0) is 4.79 Å². The maximum atomic E-state index is 10.9. The molecule has 0 fully saturated rings. The van der Waals surface area contributed by atoms with Gasteiger partial charge in [0.05, 0.1) is 6.54 Å². The van der Waals surface area contributed by atoms with Gasteiger partial charge in [0.15, 0.2) is 11.3 Å². The van der Waals surface area contributed by atoms with Gasteiger partial charge in [0, 0.05) is 0 Å². The molecule has 2 heterocycles. The molecule has 78 valence electrons. The highest BCUT2D eigenvalue weighted by atomic mass is 16.7. The first-order valence-corrected chi connectivity index (χ1v) is 4.07. The lowest BCUT2D eigenvalue weighted by atomic mass is 10.5. The number of nitrogens with zero attached hydrogens (tertiary/aromatic N) is 4. The molecule has 8 heteroatoms. The van der Waals surface area contributed by atoms with Gasteiger partial charge in [0.25, 0.3) is 0 Å². The number of fused-ring (bicyclic) bond motifs is 1. The van der Waals surface area contributed by atoms with Crippen molar-refractivity contribution in [1.29, 1.82) is 0 Å². The maximum Gasteiger partial charge on any atom is 0.346 e. The molecule has 0 amide bonds. The van der Waals surface area contributed by atoms with E-state index < -0.39 is 5.97 Å². The van der Waals surface area contributed by atoms with Crippen LogP contribution in [0.5, 0.6) is 0 Å². The molecule has 15 heavy (non-hydrogen) atoms. The van der Waals surface area contributed by atoms with E-state index in [0.29, 0.717) is 11.2 Å². The van der Waals surface area contributed by atoms with Gasteiger partial charge in [-0.25, -0.2) is 19.7 Å². The highest BCUT2D eigenvalue weighted by molar-refractivity contribution is 5.81. The molecule has 2 aromatic rings. The average Bonchev–Trinajstić information content (AvgIpc) is 2.63. The molecule has 0 atom stereocenters. The summed E-state index contributed by atoms with van der Waals surface area (Å²) in [4.78, 5) is 27.3. The van der Waals surface area contributed by atoms with Crippen LogP contribution >= 0.6 is 0 Å². The molecule has 4 N–H and O–H groups in total. The van der Waals surface area contributed by atoms with Crippen molar-refractivity contribution in [3.05, 3.63) is 12.7 Å². The number of imidazole rings is 1. The normalized spacial score (nSPS) is 10.5. The average molecular weight is 208 g/mol. The number of aromatic nitrogens is 4. The van der Waals surface area contributed by atoms with Crippen molar-refractivity contribution in [2.75, 3.05) is 12.3 Å². The molecule has 0 saturated heterocycles. The number of nitrogen functional groups attached to an aromatic ring is 1. The fourth-order valence-corrected chi connectivity index (χ4v) is 1.05. The van der Waals surface area contributed by atoms with Crippen molar-refractivity contribution in [3.63, 3.8) is 0 Å². The Morgan fingerprint density at radius 1 is 1.47 bits per heavy atom. The van der Waals surface area contributed by atoms with Gasteiger partial charge < -0.3 is 16.3 Å². The van der Waals surface area contributed by atoms with Gasteiger partial charge in [-0.3, -0.25) is 0 Å². The quantitative estimate of drug-likeness (QED) is 0.604. The second kappa shape index (κ2) is 3.50. The minimum atomic E-state index is -0.591. The molecule has 8 nitrogen and oxygen atoms in total. The highest BCUT2D eigenvalue weighted by Crippen LogP contribution is 2.12. The van der Waals surface area contributed by atoms with E-state index in [-0.39, 0.29) is 12.4 Å². The minimum Gasteiger partial charge on any atom is -0.382 e. The SMILES string of the molecule is NCC(=O)On1cnc2c(N)ncnc21. The summed E-state index contributed by atoms with van der Waals surface area (Å²) in [7, 11) is 0. The van der Waals surface area contributed by atoms with E-state index in [4.69, 9.17) is 16.3 Å². The lowest BCUT2D eigenvalue weighted by Crippen LogP contribution is -2.26. The summed E-state index contributed by atoms with van der Waals surface area (Å²) in [6.07, 6.45) is 2.54. The van der Waals surface area contributed by atoms with Crippen LogP contribution in [0.1, 0.15) is 0 Å². The molecular weight excluding hydrogens is 200 g/mol. The number of rotatable bonds is 2. The summed E-state index contributed by atoms with van der Waals surface area (Å²) < 4.78 is 1.10.